The fourth-order valence-electron chi connectivity index (χ4n) is 18.9. The predicted molar refractivity (Wildman–Crippen MR) is 531 cm³/mol. The first-order chi connectivity index (χ1) is 65.4. The highest BCUT2D eigenvalue weighted by Crippen LogP contribution is 2.51. The van der Waals surface area contributed by atoms with Crippen LogP contribution in [-0.2, 0) is 104 Å². The van der Waals surface area contributed by atoms with Crippen molar-refractivity contribution in [2.24, 2.45) is 39.4 Å². The molecule has 8 saturated heterocycles. The van der Waals surface area contributed by atoms with E-state index in [1.165, 1.54) is 76.9 Å². The molecule has 39 heteroatoms. The Hall–Kier alpha value is -9.48. The first-order valence-corrected chi connectivity index (χ1v) is 52.0. The second-order valence-electron chi connectivity index (χ2n) is 42.0. The van der Waals surface area contributed by atoms with Crippen LogP contribution in [-0.4, -0.2) is 262 Å². The lowest BCUT2D eigenvalue weighted by Crippen LogP contribution is -2.57. The molecule has 4 aromatic rings. The molecule has 4 unspecified atom stereocenters. The highest BCUT2D eigenvalue weighted by atomic mass is 33.1. The molecule has 141 heavy (non-hydrogen) atoms. The van der Waals surface area contributed by atoms with E-state index in [1.54, 1.807) is 91.3 Å². The summed E-state index contributed by atoms with van der Waals surface area (Å²) in [5.41, 5.74) is -1.41. The highest BCUT2D eigenvalue weighted by molar-refractivity contribution is 8.77. The fraction of sp³-hybridized carbons (Fsp3) is 0.618. The van der Waals surface area contributed by atoms with Crippen molar-refractivity contribution in [2.45, 2.75) is 339 Å². The van der Waals surface area contributed by atoms with Crippen molar-refractivity contribution in [3.05, 3.63) is 108 Å². The van der Waals surface area contributed by atoms with Gasteiger partial charge in [0.15, 0.2) is 17.3 Å². The third kappa shape index (κ3) is 28.8. The van der Waals surface area contributed by atoms with Gasteiger partial charge in [-0.1, -0.05) is 181 Å². The van der Waals surface area contributed by atoms with E-state index in [9.17, 15) is 80.3 Å². The topological polar surface area (TPSA) is 391 Å². The summed E-state index contributed by atoms with van der Waals surface area (Å²) < 4.78 is 66.8. The number of amides is 10. The van der Waals surface area contributed by atoms with Crippen LogP contribution in [0.25, 0.3) is 0 Å². The maximum absolute atomic E-state index is 14.7. The van der Waals surface area contributed by atoms with Crippen molar-refractivity contribution in [3.63, 3.8) is 0 Å². The minimum Gasteiger partial charge on any atom is -0.444 e. The van der Waals surface area contributed by atoms with Gasteiger partial charge in [0, 0.05) is 103 Å². The Morgan fingerprint density at radius 2 is 0.780 bits per heavy atom. The van der Waals surface area contributed by atoms with Crippen LogP contribution in [0.3, 0.4) is 0 Å². The predicted octanol–water partition coefficient (Wildman–Crippen LogP) is 15.2. The van der Waals surface area contributed by atoms with Crippen molar-refractivity contribution in [2.75, 3.05) is 58.2 Å². The lowest BCUT2D eigenvalue weighted by Gasteiger charge is -2.34. The number of para-hydroxylation sites is 2. The van der Waals surface area contributed by atoms with E-state index >= 15 is 0 Å². The molecule has 4 aromatic carbocycles. The maximum atomic E-state index is 14.7. The molecule has 0 radical (unpaired) electrons. The number of carbonyl (C=O) groups is 15. The number of carbonyl (C=O) groups excluding carboxylic acids is 15. The molecule has 10 amide bonds. The van der Waals surface area contributed by atoms with Crippen LogP contribution < -0.4 is 26.6 Å². The van der Waals surface area contributed by atoms with Crippen LogP contribution in [0.2, 0.25) is 0 Å². The van der Waals surface area contributed by atoms with Gasteiger partial charge in [-0.2, -0.15) is 13.2 Å². The number of aldehydes is 1. The van der Waals surface area contributed by atoms with Gasteiger partial charge in [-0.3, -0.25) is 67.2 Å². The van der Waals surface area contributed by atoms with Gasteiger partial charge in [0.1, 0.15) is 72.1 Å². The van der Waals surface area contributed by atoms with Gasteiger partial charge >= 0.3 is 18.4 Å². The molecule has 0 bridgehead atoms. The SMILES string of the molecule is C.CC[C@@H](C)C(=O)N[C@H]1CCO[C@H]2CC(C)(C)C(C(=O)Nc3ccccc3SSc3ccccc3CC(=O)C3N4C(=O)[C@@H](CC(=O)[C@H](C)NC)CCO[C@H]4CC3(C)C)N2C1=O.C[C@@H](C(=O)C[C@H]1CCO[C@H]2CC(C)(C)C(C(=O)Cc3ccccc3SSc3ccccc3NC(=O)C3N4C(=O)[C@@H](NC(=O)[C@H](C)N(C)C(=O)OC(C)(C)C)CCO[C@H]4CC3(C)C)N2C1=O)N(C)C(=O)OC(C)(C)C.O=CC(F)(F)F. The Balaban J connectivity index is 0.000000301. The molecule has 0 aliphatic carbocycles. The Morgan fingerprint density at radius 1 is 0.468 bits per heavy atom. The molecular formula is C102H142F3N11O21S4. The lowest BCUT2D eigenvalue weighted by molar-refractivity contribution is -0.156. The average Bonchev–Trinajstić information content (AvgIpc) is 1.61. The minimum atomic E-state index is -4.64. The average molecular weight is 2040 g/mol. The number of fused-ring (bicyclic) bond motifs is 4. The van der Waals surface area contributed by atoms with E-state index in [0.717, 1.165) is 25.8 Å². The fourth-order valence-corrected chi connectivity index (χ4v) is 23.6. The van der Waals surface area contributed by atoms with Crippen molar-refractivity contribution in [1.82, 2.24) is 45.3 Å². The molecule has 8 aliphatic heterocycles. The summed E-state index contributed by atoms with van der Waals surface area (Å²) in [4.78, 5) is 214. The molecule has 32 nitrogen and oxygen atoms in total. The van der Waals surface area contributed by atoms with Crippen molar-refractivity contribution < 1.29 is 114 Å². The van der Waals surface area contributed by atoms with E-state index in [4.69, 9.17) is 33.2 Å². The van der Waals surface area contributed by atoms with Crippen molar-refractivity contribution in [1.29, 1.82) is 0 Å². The summed E-state index contributed by atoms with van der Waals surface area (Å²) in [5.74, 6) is -4.97. The molecule has 5 N–H and O–H groups in total. The van der Waals surface area contributed by atoms with Crippen LogP contribution in [0.5, 0.6) is 0 Å². The lowest BCUT2D eigenvalue weighted by atomic mass is 9.80. The first kappa shape index (κ1) is 115. The number of rotatable bonds is 30. The molecule has 0 aromatic heterocycles. The maximum Gasteiger partial charge on any atom is 0.446 e. The molecule has 0 spiro atoms. The van der Waals surface area contributed by atoms with Gasteiger partial charge in [0.25, 0.3) is 0 Å². The number of hydrogen-bond donors (Lipinski definition) is 5. The van der Waals surface area contributed by atoms with Gasteiger partial charge < -0.3 is 79.5 Å². The number of halogens is 3. The van der Waals surface area contributed by atoms with E-state index in [-0.39, 0.29) is 124 Å². The van der Waals surface area contributed by atoms with Crippen LogP contribution in [0.15, 0.2) is 117 Å². The van der Waals surface area contributed by atoms with E-state index in [2.05, 4.69) is 26.6 Å². The molecule has 16 atom stereocenters. The summed E-state index contributed by atoms with van der Waals surface area (Å²) in [5, 5.41) is 14.9. The van der Waals surface area contributed by atoms with Crippen LogP contribution in [0.1, 0.15) is 221 Å². The molecule has 12 rings (SSSR count). The number of benzene rings is 4. The number of nitrogens with zero attached hydrogens (tertiary/aromatic N) is 6. The largest absolute Gasteiger partial charge is 0.446 e. The number of nitrogens with one attached hydrogen (secondary N) is 5. The zero-order valence-electron chi connectivity index (χ0n) is 84.1. The quantitative estimate of drug-likeness (QED) is 0.0239. The summed E-state index contributed by atoms with van der Waals surface area (Å²) in [6.07, 6.45) is -5.75. The number of hydrogen-bond acceptors (Lipinski definition) is 26. The van der Waals surface area contributed by atoms with Gasteiger partial charge in [0.2, 0.25) is 53.5 Å². The summed E-state index contributed by atoms with van der Waals surface area (Å²) in [6, 6.07) is 22.6. The molecular weight excluding hydrogens is 1900 g/mol. The van der Waals surface area contributed by atoms with Gasteiger partial charge in [-0.25, -0.2) is 9.59 Å². The second kappa shape index (κ2) is 48.0. The Morgan fingerprint density at radius 3 is 1.13 bits per heavy atom. The number of ether oxygens (including phenoxy) is 6. The Kier molecular flexibility index (Phi) is 39.2. The van der Waals surface area contributed by atoms with Crippen molar-refractivity contribution >= 4 is 143 Å². The zero-order valence-corrected chi connectivity index (χ0v) is 87.4. The third-order valence-electron chi connectivity index (χ3n) is 26.9. The second-order valence-corrected chi connectivity index (χ2v) is 46.4. The van der Waals surface area contributed by atoms with Crippen LogP contribution >= 0.6 is 43.2 Å². The van der Waals surface area contributed by atoms with E-state index in [1.807, 2.05) is 154 Å². The smallest absolute Gasteiger partial charge is 0.444 e. The van der Waals surface area contributed by atoms with Crippen molar-refractivity contribution in [3.8, 4) is 0 Å². The molecule has 8 heterocycles. The van der Waals surface area contributed by atoms with Gasteiger partial charge in [0.05, 0.1) is 48.8 Å². The minimum absolute atomic E-state index is 0. The molecule has 0 saturated carbocycles. The first-order valence-electron chi connectivity index (χ1n) is 47.7. The van der Waals surface area contributed by atoms with Crippen LogP contribution in [0.4, 0.5) is 34.1 Å². The molecule has 776 valence electrons. The number of alkyl halides is 3. The molecule has 8 aliphatic rings. The third-order valence-corrected chi connectivity index (χ3v) is 32.0. The Bertz CT molecular complexity index is 4920. The monoisotopic (exact) mass is 2040 g/mol. The number of likely N-dealkylation sites (N-methyl/N-ethyl adjacent to an activating group) is 3. The van der Waals surface area contributed by atoms with Gasteiger partial charge in [-0.15, -0.1) is 0 Å². The van der Waals surface area contributed by atoms with E-state index < -0.39 is 160 Å². The number of Topliss-reactive ketones (excluding diaryl/α,β-unsaturated/α-hetero) is 4. The Labute approximate surface area is 841 Å². The summed E-state index contributed by atoms with van der Waals surface area (Å²) in [7, 11) is 10.4. The van der Waals surface area contributed by atoms with E-state index in [0.29, 0.717) is 74.2 Å². The zero-order chi connectivity index (χ0) is 104. The highest BCUT2D eigenvalue weighted by Gasteiger charge is 2.60. The standard InChI is InChI=1S/C54H76N6O12S2.C45H61N5O8S2.C2HF3O.CH4/c1-31(57(13)49(67)71-51(3,4)5)37(61)28-34-23-25-69-41-29-53(9,10)43(59(41)47(34)65)38(62)27-33-19-15-17-21-39(33)73-74-40-22-18-16-20-35(40)55-46(64)44-54(11,12)30-42-60(44)48(66)36(24-26-70-42)56-45(63)32(2)58(14)50(68)72-52(6,7)8;1-9-26(2)40(53)48-31-19-21-58-37-25-45(6,7)39(50(37)43(31)56)41(54)47-30-15-11-13-17-35(30)60-59-34-16-12-10-14-28(34)22-33(52)38-44(4,5)24-36-49(38)42(55)29(18-20-57-36)23-32(51)27(3)46-8;3-2(4,5)1-6;/h15-22,31-32,34,36,41-44H,23-30H2,1-14H3,(H,55,64)(H,56,63);10-17,26-27,29,31,36-39,46H,9,18-25H2,1-8H3,(H,47,54)(H,48,53);1H;1H4/t31-,32-,34+,36-,41-,42-,43?,44?;26-,27+,29-,31+,36+,37+,38?,39?;;/m01../s1. The number of ketones is 4. The van der Waals surface area contributed by atoms with Gasteiger partial charge in [-0.05, 0) is 183 Å². The van der Waals surface area contributed by atoms with Crippen LogP contribution in [0, 0.1) is 39.4 Å². The number of anilines is 2. The normalized spacial score (nSPS) is 24.7. The molecule has 8 fully saturated rings. The summed E-state index contributed by atoms with van der Waals surface area (Å²) >= 11 is 0. The summed E-state index contributed by atoms with van der Waals surface area (Å²) in [6.45, 7) is 35.7.